The average Bonchev–Trinajstić information content (AvgIpc) is 3.13. The average molecular weight is 721 g/mol. The first-order valence-electron chi connectivity index (χ1n) is 16.6. The summed E-state index contributed by atoms with van der Waals surface area (Å²) >= 11 is 0. The Balaban J connectivity index is 1.57. The van der Waals surface area contributed by atoms with Gasteiger partial charge in [0, 0.05) is 27.7 Å². The first-order valence-corrected chi connectivity index (χ1v) is 16.6. The van der Waals surface area contributed by atoms with Gasteiger partial charge in [0.25, 0.3) is 0 Å². The zero-order chi connectivity index (χ0) is 38.5. The molecular weight excluding hydrogens is 685 g/mol. The molecule has 0 aliphatic heterocycles. The summed E-state index contributed by atoms with van der Waals surface area (Å²) in [5, 5.41) is 10.8. The third-order valence-electron chi connectivity index (χ3n) is 7.08. The molecular formula is C40H36N10O4. The maximum Gasteiger partial charge on any atom is 0.221 e. The Kier molecular flexibility index (Phi) is 12.7. The lowest BCUT2D eigenvalue weighted by Gasteiger charge is -2.08. The second-order valence-electron chi connectivity index (χ2n) is 11.7. The van der Waals surface area contributed by atoms with E-state index in [1.54, 1.807) is 122 Å². The van der Waals surface area contributed by atoms with E-state index in [0.29, 0.717) is 68.3 Å². The second-order valence-corrected chi connectivity index (χ2v) is 11.7. The van der Waals surface area contributed by atoms with Crippen LogP contribution in [0.1, 0.15) is 73.2 Å². The van der Waals surface area contributed by atoms with Crippen molar-refractivity contribution in [1.29, 1.82) is 0 Å². The van der Waals surface area contributed by atoms with E-state index in [9.17, 15) is 19.2 Å². The molecule has 0 unspecified atom stereocenters. The van der Waals surface area contributed by atoms with Gasteiger partial charge in [0.1, 0.15) is 0 Å². The van der Waals surface area contributed by atoms with Crippen molar-refractivity contribution in [3.8, 4) is 0 Å². The maximum atomic E-state index is 11.5. The van der Waals surface area contributed by atoms with E-state index < -0.39 is 0 Å². The van der Waals surface area contributed by atoms with Crippen molar-refractivity contribution in [2.45, 2.75) is 27.7 Å². The summed E-state index contributed by atoms with van der Waals surface area (Å²) in [5.74, 6) is -0.787. The zero-order valence-corrected chi connectivity index (χ0v) is 29.9. The summed E-state index contributed by atoms with van der Waals surface area (Å²) in [6.45, 7) is 5.71. The standard InChI is InChI=1S/C40H36N10O4/c1-25(51)45-33-9-5-29(41-21-33)13-17-37-38(18-14-30-6-10-34(22-42-30)46-26(2)52)50-40(20-16-32-8-12-36(24-44-32)48-28(4)54)39(49-37)19-15-31-7-11-35(23-43-31)47-27(3)53/h5-24H,1-4H3,(H,45,51)(H,46,52)(H,47,53)(H,48,54)/b17-13+,18-14+,19-15+,20-16+. The Bertz CT molecular complexity index is 1940. The Hall–Kier alpha value is -7.48. The number of carbonyl (C=O) groups excluding carboxylic acids is 4. The Labute approximate surface area is 311 Å². The molecule has 270 valence electrons. The quantitative estimate of drug-likeness (QED) is 0.109. The van der Waals surface area contributed by atoms with Crippen LogP contribution in [0.5, 0.6) is 0 Å². The Morgan fingerprint density at radius 1 is 0.370 bits per heavy atom. The lowest BCUT2D eigenvalue weighted by molar-refractivity contribution is -0.115. The molecule has 5 aromatic rings. The van der Waals surface area contributed by atoms with Crippen molar-refractivity contribution < 1.29 is 19.2 Å². The summed E-state index contributed by atoms with van der Waals surface area (Å²) in [5.41, 5.74) is 6.81. The van der Waals surface area contributed by atoms with Crippen molar-refractivity contribution in [2.75, 3.05) is 21.3 Å². The minimum Gasteiger partial charge on any atom is -0.325 e. The molecule has 0 atom stereocenters. The molecule has 4 N–H and O–H groups in total. The predicted octanol–water partition coefficient (Wildman–Crippen LogP) is 6.57. The molecule has 0 spiro atoms. The first kappa shape index (κ1) is 37.8. The normalized spacial score (nSPS) is 11.3. The van der Waals surface area contributed by atoms with Crippen LogP contribution in [-0.4, -0.2) is 53.5 Å². The largest absolute Gasteiger partial charge is 0.325 e. The van der Waals surface area contributed by atoms with Gasteiger partial charge in [0.15, 0.2) is 0 Å². The number of hydrogen-bond acceptors (Lipinski definition) is 10. The number of hydrogen-bond donors (Lipinski definition) is 4. The van der Waals surface area contributed by atoms with Gasteiger partial charge in [-0.15, -0.1) is 0 Å². The highest BCUT2D eigenvalue weighted by atomic mass is 16.2. The Morgan fingerprint density at radius 3 is 0.759 bits per heavy atom. The summed E-state index contributed by atoms with van der Waals surface area (Å²) in [7, 11) is 0. The lowest BCUT2D eigenvalue weighted by Crippen LogP contribution is -2.05. The number of rotatable bonds is 12. The first-order chi connectivity index (χ1) is 26.0. The van der Waals surface area contributed by atoms with Crippen molar-refractivity contribution in [3.05, 3.63) is 119 Å². The van der Waals surface area contributed by atoms with Gasteiger partial charge in [0.2, 0.25) is 23.6 Å². The predicted molar refractivity (Wildman–Crippen MR) is 212 cm³/mol. The number of aromatic nitrogens is 6. The van der Waals surface area contributed by atoms with E-state index in [4.69, 9.17) is 9.97 Å². The van der Waals surface area contributed by atoms with Gasteiger partial charge in [-0.05, 0) is 97.1 Å². The molecule has 0 saturated carbocycles. The Morgan fingerprint density at radius 2 is 0.593 bits per heavy atom. The minimum absolute atomic E-state index is 0.197. The van der Waals surface area contributed by atoms with Gasteiger partial charge in [0.05, 0.1) is 93.1 Å². The fraction of sp³-hybridized carbons (Fsp3) is 0.100. The van der Waals surface area contributed by atoms with Crippen LogP contribution in [0.3, 0.4) is 0 Å². The van der Waals surface area contributed by atoms with Crippen LogP contribution < -0.4 is 21.3 Å². The molecule has 0 aliphatic rings. The van der Waals surface area contributed by atoms with Gasteiger partial charge < -0.3 is 21.3 Å². The number of pyridine rings is 4. The molecule has 0 aliphatic carbocycles. The van der Waals surface area contributed by atoms with Gasteiger partial charge in [-0.3, -0.25) is 39.1 Å². The SMILES string of the molecule is CC(=O)Nc1ccc(/C=C/c2nc(/C=C/c3ccc(NC(C)=O)cn3)c(/C=C/c3ccc(NC(C)=O)cn3)nc2/C=C/c2ccc(NC(C)=O)cn2)nc1. The van der Waals surface area contributed by atoms with Crippen LogP contribution in [-0.2, 0) is 19.2 Å². The molecule has 0 fully saturated rings. The highest BCUT2D eigenvalue weighted by molar-refractivity contribution is 5.90. The number of nitrogens with zero attached hydrogens (tertiary/aromatic N) is 6. The van der Waals surface area contributed by atoms with E-state index >= 15 is 0 Å². The van der Waals surface area contributed by atoms with E-state index in [1.807, 2.05) is 0 Å². The molecule has 0 radical (unpaired) electrons. The van der Waals surface area contributed by atoms with Crippen LogP contribution in [0.4, 0.5) is 22.7 Å². The number of amides is 4. The van der Waals surface area contributed by atoms with Crippen LogP contribution in [0.25, 0.3) is 48.6 Å². The topological polar surface area (TPSA) is 194 Å². The van der Waals surface area contributed by atoms with E-state index in [2.05, 4.69) is 41.2 Å². The van der Waals surface area contributed by atoms with Crippen LogP contribution in [0.15, 0.2) is 73.3 Å². The van der Waals surface area contributed by atoms with Crippen molar-refractivity contribution >= 4 is 95.0 Å². The number of nitrogens with one attached hydrogen (secondary N) is 4. The van der Waals surface area contributed by atoms with Crippen molar-refractivity contribution in [3.63, 3.8) is 0 Å². The van der Waals surface area contributed by atoms with E-state index in [-0.39, 0.29) is 23.6 Å². The molecule has 5 aromatic heterocycles. The molecule has 5 heterocycles. The van der Waals surface area contributed by atoms with E-state index in [1.165, 1.54) is 27.7 Å². The summed E-state index contributed by atoms with van der Waals surface area (Å²) in [6.07, 6.45) is 20.5. The summed E-state index contributed by atoms with van der Waals surface area (Å²) < 4.78 is 0. The summed E-state index contributed by atoms with van der Waals surface area (Å²) in [4.78, 5) is 73.5. The zero-order valence-electron chi connectivity index (χ0n) is 29.9. The van der Waals surface area contributed by atoms with Crippen molar-refractivity contribution in [2.24, 2.45) is 0 Å². The molecule has 4 amide bonds. The molecule has 54 heavy (non-hydrogen) atoms. The minimum atomic E-state index is -0.197. The van der Waals surface area contributed by atoms with Gasteiger partial charge in [-0.2, -0.15) is 0 Å². The third kappa shape index (κ3) is 11.8. The third-order valence-corrected chi connectivity index (χ3v) is 7.08. The summed E-state index contributed by atoms with van der Waals surface area (Å²) in [6, 6.07) is 14.1. The highest BCUT2D eigenvalue weighted by Gasteiger charge is 2.10. The van der Waals surface area contributed by atoms with Crippen LogP contribution >= 0.6 is 0 Å². The highest BCUT2D eigenvalue weighted by Crippen LogP contribution is 2.21. The molecule has 5 rings (SSSR count). The van der Waals surface area contributed by atoms with Gasteiger partial charge >= 0.3 is 0 Å². The monoisotopic (exact) mass is 720 g/mol. The fourth-order valence-corrected chi connectivity index (χ4v) is 4.76. The second kappa shape index (κ2) is 18.1. The van der Waals surface area contributed by atoms with E-state index in [0.717, 1.165) is 0 Å². The van der Waals surface area contributed by atoms with Crippen LogP contribution in [0.2, 0.25) is 0 Å². The lowest BCUT2D eigenvalue weighted by atomic mass is 10.1. The number of carbonyl (C=O) groups is 4. The molecule has 0 bridgehead atoms. The molecule has 0 aromatic carbocycles. The smallest absolute Gasteiger partial charge is 0.221 e. The molecule has 0 saturated heterocycles. The van der Waals surface area contributed by atoms with Gasteiger partial charge in [-0.1, -0.05) is 0 Å². The van der Waals surface area contributed by atoms with Gasteiger partial charge in [-0.25, -0.2) is 9.97 Å². The fourth-order valence-electron chi connectivity index (χ4n) is 4.76. The molecule has 14 heteroatoms. The maximum absolute atomic E-state index is 11.5. The van der Waals surface area contributed by atoms with Crippen LogP contribution in [0, 0.1) is 0 Å². The molecule has 14 nitrogen and oxygen atoms in total. The number of anilines is 4. The van der Waals surface area contributed by atoms with Crippen molar-refractivity contribution in [1.82, 2.24) is 29.9 Å².